The Morgan fingerprint density at radius 1 is 1.26 bits per heavy atom. The van der Waals surface area contributed by atoms with Gasteiger partial charge in [-0.15, -0.1) is 5.10 Å². The van der Waals surface area contributed by atoms with Gasteiger partial charge in [0.15, 0.2) is 0 Å². The van der Waals surface area contributed by atoms with Gasteiger partial charge in [-0.25, -0.2) is 9.48 Å². The highest BCUT2D eigenvalue weighted by molar-refractivity contribution is 6.30. The maximum atomic E-state index is 13.0. The second kappa shape index (κ2) is 8.89. The Balaban J connectivity index is 1.59. The lowest BCUT2D eigenvalue weighted by Gasteiger charge is -2.35. The van der Waals surface area contributed by atoms with Gasteiger partial charge in [-0.2, -0.15) is 0 Å². The molecular weight excluding hydrogens is 414 g/mol. The molecule has 8 heteroatoms. The molecule has 0 aliphatic carbocycles. The van der Waals surface area contributed by atoms with Crippen molar-refractivity contribution in [2.45, 2.75) is 26.3 Å². The summed E-state index contributed by atoms with van der Waals surface area (Å²) in [5, 5.41) is 11.2. The van der Waals surface area contributed by atoms with Crippen molar-refractivity contribution in [1.29, 1.82) is 0 Å². The predicted molar refractivity (Wildman–Crippen MR) is 124 cm³/mol. The van der Waals surface area contributed by atoms with Crippen molar-refractivity contribution >= 4 is 29.1 Å². The van der Waals surface area contributed by atoms with Gasteiger partial charge in [-0.3, -0.25) is 5.32 Å². The molecule has 0 bridgehead atoms. The normalized spacial score (nSPS) is 15.4. The van der Waals surface area contributed by atoms with E-state index in [9.17, 15) is 4.79 Å². The molecule has 3 aromatic rings. The van der Waals surface area contributed by atoms with Crippen LogP contribution in [-0.2, 0) is 0 Å². The highest BCUT2D eigenvalue weighted by Crippen LogP contribution is 2.36. The minimum Gasteiger partial charge on any atom is -0.480 e. The topological polar surface area (TPSA) is 71.4 Å². The van der Waals surface area contributed by atoms with Crippen LogP contribution in [0.3, 0.4) is 0 Å². The fourth-order valence-corrected chi connectivity index (χ4v) is 4.19. The van der Waals surface area contributed by atoms with Crippen LogP contribution in [0, 0.1) is 6.92 Å². The van der Waals surface area contributed by atoms with Gasteiger partial charge < -0.3 is 15.0 Å². The summed E-state index contributed by atoms with van der Waals surface area (Å²) in [5.41, 5.74) is 3.72. The third kappa shape index (κ3) is 4.18. The van der Waals surface area contributed by atoms with E-state index in [4.69, 9.17) is 16.3 Å². The Hall–Kier alpha value is -3.19. The molecule has 2 aromatic carbocycles. The van der Waals surface area contributed by atoms with E-state index in [1.807, 2.05) is 55.5 Å². The number of hydrogen-bond donors (Lipinski definition) is 2. The maximum Gasteiger partial charge on any atom is 0.320 e. The summed E-state index contributed by atoms with van der Waals surface area (Å²) < 4.78 is 7.06. The van der Waals surface area contributed by atoms with Crippen LogP contribution >= 0.6 is 11.6 Å². The third-order valence-corrected chi connectivity index (χ3v) is 5.82. The van der Waals surface area contributed by atoms with Gasteiger partial charge in [0.05, 0.1) is 24.4 Å². The molecule has 1 atom stereocenters. The summed E-state index contributed by atoms with van der Waals surface area (Å²) in [4.78, 5) is 15.3. The van der Waals surface area contributed by atoms with Gasteiger partial charge in [0.2, 0.25) is 5.88 Å². The molecule has 2 heterocycles. The Bertz CT molecular complexity index is 1080. The number of ether oxygens (including phenoxy) is 1. The number of urea groups is 1. The second-order valence-corrected chi connectivity index (χ2v) is 7.89. The highest BCUT2D eigenvalue weighted by atomic mass is 35.5. The van der Waals surface area contributed by atoms with Crippen LogP contribution in [-0.4, -0.2) is 36.0 Å². The van der Waals surface area contributed by atoms with Crippen molar-refractivity contribution in [2.75, 3.05) is 30.4 Å². The largest absolute Gasteiger partial charge is 0.480 e. The fraction of sp³-hybridized carbons (Fsp3) is 0.304. The molecular formula is C23H26ClN5O2. The van der Waals surface area contributed by atoms with E-state index in [2.05, 4.69) is 27.6 Å². The van der Waals surface area contributed by atoms with Gasteiger partial charge in [-0.1, -0.05) is 29.8 Å². The van der Waals surface area contributed by atoms with E-state index in [1.54, 1.807) is 11.8 Å². The number of para-hydroxylation sites is 1. The standard InChI is InChI=1S/C23H26ClN5O2/c1-4-28-13-12-19(18-14-16(24)10-11-20(18)28)25-23(30)26-21-15(2)22(31-3)27-29(21)17-8-6-5-7-9-17/h5-11,14,19H,4,12-13H2,1-3H3,(H2,25,26,30). The molecule has 4 rings (SSSR count). The van der Waals surface area contributed by atoms with Gasteiger partial charge in [0.1, 0.15) is 5.82 Å². The molecule has 162 valence electrons. The molecule has 31 heavy (non-hydrogen) atoms. The summed E-state index contributed by atoms with van der Waals surface area (Å²) in [6.07, 6.45) is 0.800. The van der Waals surface area contributed by atoms with Crippen molar-refractivity contribution in [2.24, 2.45) is 0 Å². The first kappa shape index (κ1) is 21.1. The van der Waals surface area contributed by atoms with Crippen LogP contribution in [0.15, 0.2) is 48.5 Å². The number of methoxy groups -OCH3 is 1. The van der Waals surface area contributed by atoms with Crippen LogP contribution in [0.4, 0.5) is 16.3 Å². The van der Waals surface area contributed by atoms with Crippen LogP contribution in [0.1, 0.15) is 30.5 Å². The predicted octanol–water partition coefficient (Wildman–Crippen LogP) is 4.94. The number of hydrogen-bond acceptors (Lipinski definition) is 4. The number of fused-ring (bicyclic) bond motifs is 1. The van der Waals surface area contributed by atoms with Crippen molar-refractivity contribution < 1.29 is 9.53 Å². The molecule has 0 saturated carbocycles. The molecule has 1 aliphatic rings. The second-order valence-electron chi connectivity index (χ2n) is 7.45. The van der Waals surface area contributed by atoms with Crippen molar-refractivity contribution in [1.82, 2.24) is 15.1 Å². The number of halogens is 1. The summed E-state index contributed by atoms with van der Waals surface area (Å²) in [7, 11) is 1.57. The summed E-state index contributed by atoms with van der Waals surface area (Å²) >= 11 is 6.25. The lowest BCUT2D eigenvalue weighted by Crippen LogP contribution is -2.39. The molecule has 0 saturated heterocycles. The Morgan fingerprint density at radius 3 is 2.74 bits per heavy atom. The van der Waals surface area contributed by atoms with E-state index in [-0.39, 0.29) is 12.1 Å². The van der Waals surface area contributed by atoms with E-state index in [0.717, 1.165) is 42.0 Å². The molecule has 0 radical (unpaired) electrons. The number of carbonyl (C=O) groups is 1. The van der Waals surface area contributed by atoms with Crippen LogP contribution in [0.5, 0.6) is 5.88 Å². The lowest BCUT2D eigenvalue weighted by atomic mass is 9.96. The zero-order chi connectivity index (χ0) is 22.0. The minimum absolute atomic E-state index is 0.133. The van der Waals surface area contributed by atoms with E-state index < -0.39 is 0 Å². The quantitative estimate of drug-likeness (QED) is 0.591. The Morgan fingerprint density at radius 2 is 2.03 bits per heavy atom. The van der Waals surface area contributed by atoms with Crippen molar-refractivity contribution in [3.8, 4) is 11.6 Å². The first-order chi connectivity index (χ1) is 15.0. The third-order valence-electron chi connectivity index (χ3n) is 5.59. The van der Waals surface area contributed by atoms with Crippen molar-refractivity contribution in [3.63, 3.8) is 0 Å². The molecule has 1 aromatic heterocycles. The van der Waals surface area contributed by atoms with E-state index in [1.165, 1.54) is 0 Å². The molecule has 1 unspecified atom stereocenters. The molecule has 0 fully saturated rings. The number of amides is 2. The zero-order valence-corrected chi connectivity index (χ0v) is 18.6. The molecule has 2 amide bonds. The Kier molecular flexibility index (Phi) is 6.04. The van der Waals surface area contributed by atoms with Gasteiger partial charge >= 0.3 is 6.03 Å². The SMILES string of the molecule is CCN1CCC(NC(=O)Nc2c(C)c(OC)nn2-c2ccccc2)c2cc(Cl)ccc21. The molecule has 2 N–H and O–H groups in total. The average Bonchev–Trinajstić information content (AvgIpc) is 3.10. The maximum absolute atomic E-state index is 13.0. The first-order valence-corrected chi connectivity index (χ1v) is 10.7. The van der Waals surface area contributed by atoms with Crippen molar-refractivity contribution in [3.05, 3.63) is 64.7 Å². The first-order valence-electron chi connectivity index (χ1n) is 10.3. The van der Waals surface area contributed by atoms with Crippen LogP contribution in [0.25, 0.3) is 5.69 Å². The number of carbonyl (C=O) groups excluding carboxylic acids is 1. The summed E-state index contributed by atoms with van der Waals surface area (Å²) in [5.74, 6) is 1.03. The van der Waals surface area contributed by atoms with Crippen LogP contribution in [0.2, 0.25) is 5.02 Å². The van der Waals surface area contributed by atoms with Crippen LogP contribution < -0.4 is 20.3 Å². The number of nitrogens with one attached hydrogen (secondary N) is 2. The molecule has 7 nitrogen and oxygen atoms in total. The smallest absolute Gasteiger partial charge is 0.320 e. The number of benzene rings is 2. The average molecular weight is 440 g/mol. The Labute approximate surface area is 187 Å². The number of anilines is 2. The number of nitrogens with zero attached hydrogens (tertiary/aromatic N) is 3. The zero-order valence-electron chi connectivity index (χ0n) is 17.9. The van der Waals surface area contributed by atoms with E-state index >= 15 is 0 Å². The number of rotatable bonds is 5. The van der Waals surface area contributed by atoms with Gasteiger partial charge in [-0.05, 0) is 56.2 Å². The van der Waals surface area contributed by atoms with E-state index in [0.29, 0.717) is 16.7 Å². The highest BCUT2D eigenvalue weighted by Gasteiger charge is 2.27. The van der Waals surface area contributed by atoms with Gasteiger partial charge in [0.25, 0.3) is 0 Å². The lowest BCUT2D eigenvalue weighted by molar-refractivity contribution is 0.247. The minimum atomic E-state index is -0.302. The molecule has 0 spiro atoms. The monoisotopic (exact) mass is 439 g/mol. The fourth-order valence-electron chi connectivity index (χ4n) is 4.01. The molecule has 1 aliphatic heterocycles. The summed E-state index contributed by atoms with van der Waals surface area (Å²) in [6.45, 7) is 5.77. The van der Waals surface area contributed by atoms with Gasteiger partial charge in [0, 0.05) is 23.8 Å². The summed E-state index contributed by atoms with van der Waals surface area (Å²) in [6, 6.07) is 15.0. The number of aromatic nitrogens is 2.